The molecule has 0 unspecified atom stereocenters. The van der Waals surface area contributed by atoms with E-state index in [0.29, 0.717) is 18.6 Å². The minimum atomic E-state index is 0.0442. The molecular formula is C16H24N2O2. The fourth-order valence-corrected chi connectivity index (χ4v) is 2.61. The molecule has 2 N–H and O–H groups in total. The highest BCUT2D eigenvalue weighted by atomic mass is 16.5. The third-order valence-corrected chi connectivity index (χ3v) is 3.85. The van der Waals surface area contributed by atoms with Gasteiger partial charge in [0.1, 0.15) is 0 Å². The molecule has 1 fully saturated rings. The summed E-state index contributed by atoms with van der Waals surface area (Å²) in [5.41, 5.74) is 1.92. The SMILES string of the molecule is CCC(=O)Nc1cccc(NC2CCC(OC)CC2)c1. The van der Waals surface area contributed by atoms with Crippen molar-refractivity contribution in [3.8, 4) is 0 Å². The molecule has 4 heteroatoms. The topological polar surface area (TPSA) is 50.4 Å². The van der Waals surface area contributed by atoms with Crippen LogP contribution in [0.25, 0.3) is 0 Å². The molecule has 1 saturated carbocycles. The number of nitrogens with one attached hydrogen (secondary N) is 2. The van der Waals surface area contributed by atoms with E-state index >= 15 is 0 Å². The molecule has 0 spiro atoms. The maximum atomic E-state index is 11.4. The fraction of sp³-hybridized carbons (Fsp3) is 0.562. The molecule has 1 aromatic carbocycles. The molecule has 1 aliphatic carbocycles. The number of amides is 1. The van der Waals surface area contributed by atoms with Gasteiger partial charge in [-0.25, -0.2) is 0 Å². The zero-order valence-electron chi connectivity index (χ0n) is 12.3. The summed E-state index contributed by atoms with van der Waals surface area (Å²) >= 11 is 0. The predicted molar refractivity (Wildman–Crippen MR) is 82.0 cm³/mol. The lowest BCUT2D eigenvalue weighted by Gasteiger charge is -2.29. The molecule has 2 rings (SSSR count). The van der Waals surface area contributed by atoms with Crippen LogP contribution in [0.2, 0.25) is 0 Å². The molecular weight excluding hydrogens is 252 g/mol. The summed E-state index contributed by atoms with van der Waals surface area (Å²) in [6.45, 7) is 1.85. The van der Waals surface area contributed by atoms with Crippen LogP contribution in [0.5, 0.6) is 0 Å². The third-order valence-electron chi connectivity index (χ3n) is 3.85. The molecule has 0 aliphatic heterocycles. The molecule has 0 aromatic heterocycles. The molecule has 4 nitrogen and oxygen atoms in total. The van der Waals surface area contributed by atoms with Gasteiger partial charge in [-0.15, -0.1) is 0 Å². The minimum absolute atomic E-state index is 0.0442. The van der Waals surface area contributed by atoms with Gasteiger partial charge in [0.15, 0.2) is 0 Å². The largest absolute Gasteiger partial charge is 0.382 e. The maximum absolute atomic E-state index is 11.4. The van der Waals surface area contributed by atoms with Crippen LogP contribution in [0.4, 0.5) is 11.4 Å². The molecule has 0 saturated heterocycles. The van der Waals surface area contributed by atoms with Crippen molar-refractivity contribution in [2.75, 3.05) is 17.7 Å². The average Bonchev–Trinajstić information content (AvgIpc) is 2.48. The van der Waals surface area contributed by atoms with Gasteiger partial charge < -0.3 is 15.4 Å². The summed E-state index contributed by atoms with van der Waals surface area (Å²) in [4.78, 5) is 11.4. The molecule has 110 valence electrons. The normalized spacial score (nSPS) is 22.3. The zero-order chi connectivity index (χ0) is 14.4. The van der Waals surface area contributed by atoms with Gasteiger partial charge in [0.2, 0.25) is 5.91 Å². The van der Waals surface area contributed by atoms with Crippen LogP contribution in [0.3, 0.4) is 0 Å². The molecule has 0 bridgehead atoms. The van der Waals surface area contributed by atoms with Crippen molar-refractivity contribution >= 4 is 17.3 Å². The molecule has 20 heavy (non-hydrogen) atoms. The average molecular weight is 276 g/mol. The van der Waals surface area contributed by atoms with Gasteiger partial charge in [-0.1, -0.05) is 13.0 Å². The quantitative estimate of drug-likeness (QED) is 0.866. The van der Waals surface area contributed by atoms with E-state index in [2.05, 4.69) is 10.6 Å². The molecule has 1 aromatic rings. The van der Waals surface area contributed by atoms with E-state index in [9.17, 15) is 4.79 Å². The lowest BCUT2D eigenvalue weighted by atomic mass is 9.93. The van der Waals surface area contributed by atoms with Crippen LogP contribution >= 0.6 is 0 Å². The highest BCUT2D eigenvalue weighted by Gasteiger charge is 2.20. The number of carbonyl (C=O) groups is 1. The number of rotatable bonds is 5. The van der Waals surface area contributed by atoms with E-state index in [4.69, 9.17) is 4.74 Å². The van der Waals surface area contributed by atoms with Crippen LogP contribution < -0.4 is 10.6 Å². The Morgan fingerprint density at radius 1 is 1.25 bits per heavy atom. The van der Waals surface area contributed by atoms with Crippen LogP contribution in [-0.4, -0.2) is 25.2 Å². The van der Waals surface area contributed by atoms with Gasteiger partial charge in [0.05, 0.1) is 6.10 Å². The molecule has 1 aliphatic rings. The second-order valence-electron chi connectivity index (χ2n) is 5.34. The number of anilines is 2. The van der Waals surface area contributed by atoms with Crippen LogP contribution in [-0.2, 0) is 9.53 Å². The summed E-state index contributed by atoms with van der Waals surface area (Å²) in [7, 11) is 1.79. The summed E-state index contributed by atoms with van der Waals surface area (Å²) in [6.07, 6.45) is 5.40. The molecule has 0 atom stereocenters. The number of hydrogen-bond donors (Lipinski definition) is 2. The molecule has 0 radical (unpaired) electrons. The van der Waals surface area contributed by atoms with E-state index in [1.807, 2.05) is 31.2 Å². The van der Waals surface area contributed by atoms with E-state index < -0.39 is 0 Å². The number of carbonyl (C=O) groups excluding carboxylic acids is 1. The summed E-state index contributed by atoms with van der Waals surface area (Å²) in [6, 6.07) is 8.42. The minimum Gasteiger partial charge on any atom is -0.382 e. The van der Waals surface area contributed by atoms with Crippen molar-refractivity contribution < 1.29 is 9.53 Å². The van der Waals surface area contributed by atoms with Crippen molar-refractivity contribution in [3.05, 3.63) is 24.3 Å². The fourth-order valence-electron chi connectivity index (χ4n) is 2.61. The van der Waals surface area contributed by atoms with E-state index in [1.54, 1.807) is 7.11 Å². The van der Waals surface area contributed by atoms with Gasteiger partial charge in [-0.05, 0) is 43.9 Å². The Bertz CT molecular complexity index is 440. The van der Waals surface area contributed by atoms with Crippen molar-refractivity contribution in [3.63, 3.8) is 0 Å². The Hall–Kier alpha value is -1.55. The summed E-state index contributed by atoms with van der Waals surface area (Å²) in [5.74, 6) is 0.0442. The van der Waals surface area contributed by atoms with Crippen molar-refractivity contribution in [2.24, 2.45) is 0 Å². The first-order chi connectivity index (χ1) is 9.71. The molecule has 1 amide bonds. The van der Waals surface area contributed by atoms with Crippen molar-refractivity contribution in [1.82, 2.24) is 0 Å². The Balaban J connectivity index is 1.90. The monoisotopic (exact) mass is 276 g/mol. The Labute approximate surface area is 120 Å². The van der Waals surface area contributed by atoms with Gasteiger partial charge in [-0.2, -0.15) is 0 Å². The van der Waals surface area contributed by atoms with Crippen LogP contribution in [0.15, 0.2) is 24.3 Å². The number of methoxy groups -OCH3 is 1. The van der Waals surface area contributed by atoms with Crippen LogP contribution in [0.1, 0.15) is 39.0 Å². The number of hydrogen-bond acceptors (Lipinski definition) is 3. The Morgan fingerprint density at radius 3 is 2.60 bits per heavy atom. The van der Waals surface area contributed by atoms with E-state index in [-0.39, 0.29) is 5.91 Å². The summed E-state index contributed by atoms with van der Waals surface area (Å²) < 4.78 is 5.39. The second-order valence-corrected chi connectivity index (χ2v) is 5.34. The standard InChI is InChI=1S/C16H24N2O2/c1-3-16(19)18-14-6-4-5-13(11-14)17-12-7-9-15(20-2)10-8-12/h4-6,11-12,15,17H,3,7-10H2,1-2H3,(H,18,19). The van der Waals surface area contributed by atoms with E-state index in [0.717, 1.165) is 37.1 Å². The number of benzene rings is 1. The lowest BCUT2D eigenvalue weighted by Crippen LogP contribution is -2.29. The lowest BCUT2D eigenvalue weighted by molar-refractivity contribution is -0.115. The maximum Gasteiger partial charge on any atom is 0.224 e. The highest BCUT2D eigenvalue weighted by molar-refractivity contribution is 5.90. The predicted octanol–water partition coefficient (Wildman–Crippen LogP) is 3.40. The van der Waals surface area contributed by atoms with Gasteiger partial charge in [-0.3, -0.25) is 4.79 Å². The second kappa shape index (κ2) is 7.29. The van der Waals surface area contributed by atoms with Crippen LogP contribution in [0, 0.1) is 0 Å². The smallest absolute Gasteiger partial charge is 0.224 e. The Morgan fingerprint density at radius 2 is 1.95 bits per heavy atom. The Kier molecular flexibility index (Phi) is 5.41. The molecule has 0 heterocycles. The van der Waals surface area contributed by atoms with Crippen molar-refractivity contribution in [2.45, 2.75) is 51.2 Å². The highest BCUT2D eigenvalue weighted by Crippen LogP contribution is 2.24. The number of ether oxygens (including phenoxy) is 1. The third kappa shape index (κ3) is 4.23. The van der Waals surface area contributed by atoms with E-state index in [1.165, 1.54) is 0 Å². The summed E-state index contributed by atoms with van der Waals surface area (Å²) in [5, 5.41) is 6.44. The first-order valence-electron chi connectivity index (χ1n) is 7.40. The van der Waals surface area contributed by atoms with Crippen molar-refractivity contribution in [1.29, 1.82) is 0 Å². The zero-order valence-corrected chi connectivity index (χ0v) is 12.3. The van der Waals surface area contributed by atoms with Gasteiger partial charge >= 0.3 is 0 Å². The first-order valence-corrected chi connectivity index (χ1v) is 7.40. The van der Waals surface area contributed by atoms with Gasteiger partial charge in [0, 0.05) is 30.9 Å². The first kappa shape index (κ1) is 14.9. The van der Waals surface area contributed by atoms with Gasteiger partial charge in [0.25, 0.3) is 0 Å².